The van der Waals surface area contributed by atoms with Crippen LogP contribution in [0.2, 0.25) is 0 Å². The molecule has 0 aliphatic rings. The third-order valence-corrected chi connectivity index (χ3v) is 2.53. The zero-order valence-electron chi connectivity index (χ0n) is 10.2. The molecular formula is C14H17NO2. The molecule has 0 aliphatic carbocycles. The van der Waals surface area contributed by atoms with E-state index in [-0.39, 0.29) is 12.0 Å². The second-order valence-corrected chi connectivity index (χ2v) is 3.79. The molecule has 3 nitrogen and oxygen atoms in total. The van der Waals surface area contributed by atoms with Crippen molar-refractivity contribution in [2.45, 2.75) is 25.9 Å². The van der Waals surface area contributed by atoms with Crippen molar-refractivity contribution in [3.8, 4) is 12.3 Å². The van der Waals surface area contributed by atoms with E-state index >= 15 is 0 Å². The summed E-state index contributed by atoms with van der Waals surface area (Å²) in [4.78, 5) is 11.3. The summed E-state index contributed by atoms with van der Waals surface area (Å²) < 4.78 is 4.66. The zero-order valence-corrected chi connectivity index (χ0v) is 10.2. The van der Waals surface area contributed by atoms with E-state index in [2.05, 4.69) is 16.0 Å². The molecule has 90 valence electrons. The van der Waals surface area contributed by atoms with Gasteiger partial charge in [-0.25, -0.2) is 0 Å². The Bertz CT molecular complexity index is 420. The Morgan fingerprint density at radius 2 is 2.12 bits per heavy atom. The Hall–Kier alpha value is -1.79. The van der Waals surface area contributed by atoms with E-state index in [1.807, 2.05) is 31.2 Å². The van der Waals surface area contributed by atoms with E-state index in [0.29, 0.717) is 13.0 Å². The van der Waals surface area contributed by atoms with Crippen LogP contribution in [0.4, 0.5) is 0 Å². The molecule has 0 amide bonds. The smallest absolute Gasteiger partial charge is 0.309 e. The van der Waals surface area contributed by atoms with Gasteiger partial charge in [-0.1, -0.05) is 30.2 Å². The Labute approximate surface area is 102 Å². The molecule has 0 heterocycles. The lowest BCUT2D eigenvalue weighted by Gasteiger charge is -2.11. The summed E-state index contributed by atoms with van der Waals surface area (Å²) in [6.45, 7) is 2.57. The quantitative estimate of drug-likeness (QED) is 0.616. The van der Waals surface area contributed by atoms with Gasteiger partial charge in [-0.3, -0.25) is 10.1 Å². The molecule has 1 atom stereocenters. The van der Waals surface area contributed by atoms with Crippen LogP contribution in [0.25, 0.3) is 0 Å². The predicted octanol–water partition coefficient (Wildman–Crippen LogP) is 1.51. The number of hydrogen-bond donors (Lipinski definition) is 1. The first-order valence-electron chi connectivity index (χ1n) is 5.50. The van der Waals surface area contributed by atoms with E-state index in [1.165, 1.54) is 7.11 Å². The monoisotopic (exact) mass is 231 g/mol. The van der Waals surface area contributed by atoms with Crippen molar-refractivity contribution in [3.63, 3.8) is 0 Å². The number of methoxy groups -OCH3 is 1. The van der Waals surface area contributed by atoms with Gasteiger partial charge in [0, 0.05) is 6.54 Å². The molecule has 0 saturated heterocycles. The summed E-state index contributed by atoms with van der Waals surface area (Å²) in [5.41, 5.74) is 2.04. The van der Waals surface area contributed by atoms with Gasteiger partial charge in [-0.15, -0.1) is 6.42 Å². The van der Waals surface area contributed by atoms with Crippen molar-refractivity contribution in [2.75, 3.05) is 7.11 Å². The van der Waals surface area contributed by atoms with Gasteiger partial charge in [0.2, 0.25) is 0 Å². The Balaban J connectivity index is 2.71. The van der Waals surface area contributed by atoms with Crippen molar-refractivity contribution in [1.82, 2.24) is 5.32 Å². The van der Waals surface area contributed by atoms with Crippen molar-refractivity contribution in [2.24, 2.45) is 0 Å². The SMILES string of the molecule is C#CC(C)NCc1ccccc1CC(=O)OC. The van der Waals surface area contributed by atoms with E-state index in [0.717, 1.165) is 11.1 Å². The Morgan fingerprint density at radius 1 is 1.47 bits per heavy atom. The lowest BCUT2D eigenvalue weighted by atomic mass is 10.0. The molecular weight excluding hydrogens is 214 g/mol. The fourth-order valence-corrected chi connectivity index (χ4v) is 1.45. The minimum absolute atomic E-state index is 0.0150. The maximum Gasteiger partial charge on any atom is 0.309 e. The number of carbonyl (C=O) groups excluding carboxylic acids is 1. The van der Waals surface area contributed by atoms with Crippen LogP contribution < -0.4 is 5.32 Å². The molecule has 1 N–H and O–H groups in total. The molecule has 3 heteroatoms. The van der Waals surface area contributed by atoms with Crippen LogP contribution in [0.15, 0.2) is 24.3 Å². The van der Waals surface area contributed by atoms with E-state index in [4.69, 9.17) is 6.42 Å². The van der Waals surface area contributed by atoms with Crippen LogP contribution in [0.1, 0.15) is 18.1 Å². The minimum atomic E-state index is -0.234. The number of ether oxygens (including phenoxy) is 1. The van der Waals surface area contributed by atoms with Crippen molar-refractivity contribution in [1.29, 1.82) is 0 Å². The maximum absolute atomic E-state index is 11.3. The van der Waals surface area contributed by atoms with Gasteiger partial charge in [0.15, 0.2) is 0 Å². The van der Waals surface area contributed by atoms with Gasteiger partial charge in [-0.05, 0) is 18.1 Å². The number of terminal acetylenes is 1. The number of benzene rings is 1. The van der Waals surface area contributed by atoms with Crippen LogP contribution in [0.3, 0.4) is 0 Å². The van der Waals surface area contributed by atoms with Gasteiger partial charge >= 0.3 is 5.97 Å². The van der Waals surface area contributed by atoms with Crippen molar-refractivity contribution < 1.29 is 9.53 Å². The van der Waals surface area contributed by atoms with Gasteiger partial charge in [0.25, 0.3) is 0 Å². The number of esters is 1. The third-order valence-electron chi connectivity index (χ3n) is 2.53. The molecule has 1 rings (SSSR count). The minimum Gasteiger partial charge on any atom is -0.469 e. The highest BCUT2D eigenvalue weighted by Crippen LogP contribution is 2.10. The summed E-state index contributed by atoms with van der Waals surface area (Å²) in [6, 6.07) is 7.77. The maximum atomic E-state index is 11.3. The summed E-state index contributed by atoms with van der Waals surface area (Å²) in [5.74, 6) is 2.37. The number of hydrogen-bond acceptors (Lipinski definition) is 3. The van der Waals surface area contributed by atoms with Crippen LogP contribution in [0.5, 0.6) is 0 Å². The van der Waals surface area contributed by atoms with E-state index in [1.54, 1.807) is 0 Å². The fourth-order valence-electron chi connectivity index (χ4n) is 1.45. The molecule has 0 aromatic heterocycles. The van der Waals surface area contributed by atoms with Crippen molar-refractivity contribution in [3.05, 3.63) is 35.4 Å². The second-order valence-electron chi connectivity index (χ2n) is 3.79. The van der Waals surface area contributed by atoms with Crippen LogP contribution in [-0.2, 0) is 22.5 Å². The molecule has 0 aliphatic heterocycles. The average molecular weight is 231 g/mol. The number of carbonyl (C=O) groups is 1. The Morgan fingerprint density at radius 3 is 2.71 bits per heavy atom. The predicted molar refractivity (Wildman–Crippen MR) is 67.3 cm³/mol. The molecule has 0 fully saturated rings. The first-order chi connectivity index (χ1) is 8.17. The summed E-state index contributed by atoms with van der Waals surface area (Å²) >= 11 is 0. The first-order valence-corrected chi connectivity index (χ1v) is 5.50. The first kappa shape index (κ1) is 13.3. The summed E-state index contributed by atoms with van der Waals surface area (Å²) in [7, 11) is 1.39. The van der Waals surface area contributed by atoms with Crippen LogP contribution in [-0.4, -0.2) is 19.1 Å². The zero-order chi connectivity index (χ0) is 12.7. The number of nitrogens with one attached hydrogen (secondary N) is 1. The molecule has 0 saturated carbocycles. The van der Waals surface area contributed by atoms with Gasteiger partial charge < -0.3 is 4.74 Å². The lowest BCUT2D eigenvalue weighted by molar-refractivity contribution is -0.139. The van der Waals surface area contributed by atoms with E-state index < -0.39 is 0 Å². The molecule has 1 aromatic carbocycles. The summed E-state index contributed by atoms with van der Waals surface area (Å²) in [5, 5.41) is 3.19. The highest BCUT2D eigenvalue weighted by Gasteiger charge is 2.07. The third kappa shape index (κ3) is 4.29. The normalized spacial score (nSPS) is 11.6. The lowest BCUT2D eigenvalue weighted by Crippen LogP contribution is -2.24. The fraction of sp³-hybridized carbons (Fsp3) is 0.357. The van der Waals surface area contributed by atoms with Crippen molar-refractivity contribution >= 4 is 5.97 Å². The Kier molecular flexibility index (Phi) is 5.25. The molecule has 1 aromatic rings. The second kappa shape index (κ2) is 6.72. The average Bonchev–Trinajstić information content (AvgIpc) is 2.37. The van der Waals surface area contributed by atoms with E-state index in [9.17, 15) is 4.79 Å². The standard InChI is InChI=1S/C14H17NO2/c1-4-11(2)15-10-13-8-6-5-7-12(13)9-14(16)17-3/h1,5-8,11,15H,9-10H2,2-3H3. The number of rotatable bonds is 5. The van der Waals surface area contributed by atoms with Gasteiger partial charge in [0.05, 0.1) is 19.6 Å². The largest absolute Gasteiger partial charge is 0.469 e. The van der Waals surface area contributed by atoms with Crippen LogP contribution >= 0.6 is 0 Å². The topological polar surface area (TPSA) is 38.3 Å². The molecule has 0 spiro atoms. The molecule has 0 bridgehead atoms. The highest BCUT2D eigenvalue weighted by atomic mass is 16.5. The molecule has 1 unspecified atom stereocenters. The molecule has 17 heavy (non-hydrogen) atoms. The van der Waals surface area contributed by atoms with Gasteiger partial charge in [0.1, 0.15) is 0 Å². The highest BCUT2D eigenvalue weighted by molar-refractivity contribution is 5.72. The van der Waals surface area contributed by atoms with Crippen LogP contribution in [0, 0.1) is 12.3 Å². The molecule has 0 radical (unpaired) electrons. The summed E-state index contributed by atoms with van der Waals surface area (Å²) in [6.07, 6.45) is 5.58. The van der Waals surface area contributed by atoms with Gasteiger partial charge in [-0.2, -0.15) is 0 Å².